The topological polar surface area (TPSA) is 47.6 Å². The molecular weight excluding hydrogens is 337 g/mol. The first-order valence-electron chi connectivity index (χ1n) is 7.80. The van der Waals surface area contributed by atoms with Crippen molar-refractivity contribution in [1.82, 2.24) is 5.32 Å². The molecule has 23 heavy (non-hydrogen) atoms. The fourth-order valence-corrected chi connectivity index (χ4v) is 2.99. The molecule has 128 valence electrons. The number of rotatable bonds is 5. The summed E-state index contributed by atoms with van der Waals surface area (Å²) in [7, 11) is 0. The molecule has 1 aromatic carbocycles. The second-order valence-electron chi connectivity index (χ2n) is 6.69. The average Bonchev–Trinajstić information content (AvgIpc) is 3.18. The lowest BCUT2D eigenvalue weighted by Gasteiger charge is -2.19. The van der Waals surface area contributed by atoms with Gasteiger partial charge in [0.1, 0.15) is 11.4 Å². The summed E-state index contributed by atoms with van der Waals surface area (Å²) in [6.45, 7) is 8.57. The van der Waals surface area contributed by atoms with Gasteiger partial charge in [-0.05, 0) is 58.1 Å². The minimum Gasteiger partial charge on any atom is -0.494 e. The maximum atomic E-state index is 11.7. The molecule has 2 rings (SSSR count). The summed E-state index contributed by atoms with van der Waals surface area (Å²) in [6.07, 6.45) is 0.543. The Hall–Kier alpha value is -1.13. The van der Waals surface area contributed by atoms with Gasteiger partial charge in [-0.15, -0.1) is 0 Å². The number of carbonyl (C=O) groups excluding carboxylic acids is 1. The quantitative estimate of drug-likeness (QED) is 0.802. The summed E-state index contributed by atoms with van der Waals surface area (Å²) >= 11 is 12.5. The summed E-state index contributed by atoms with van der Waals surface area (Å²) < 4.78 is 10.9. The summed E-state index contributed by atoms with van der Waals surface area (Å²) in [4.78, 5) is 11.7. The van der Waals surface area contributed by atoms with Crippen LogP contribution in [0, 0.1) is 5.92 Å². The zero-order valence-electron chi connectivity index (χ0n) is 13.9. The van der Waals surface area contributed by atoms with Gasteiger partial charge in [0.05, 0.1) is 16.7 Å². The maximum Gasteiger partial charge on any atom is 0.407 e. The van der Waals surface area contributed by atoms with Crippen molar-refractivity contribution in [2.75, 3.05) is 13.2 Å². The lowest BCUT2D eigenvalue weighted by atomic mass is 10.1. The number of halogens is 2. The Balaban J connectivity index is 1.98. The van der Waals surface area contributed by atoms with Crippen LogP contribution in [-0.4, -0.2) is 24.8 Å². The molecule has 0 radical (unpaired) electrons. The van der Waals surface area contributed by atoms with Crippen LogP contribution in [0.5, 0.6) is 5.75 Å². The second-order valence-corrected chi connectivity index (χ2v) is 7.48. The summed E-state index contributed by atoms with van der Waals surface area (Å²) in [5.41, 5.74) is 0.447. The second kappa shape index (κ2) is 7.18. The molecule has 0 spiro atoms. The SMILES string of the molecule is CCOc1ccc(Cl)c(Cl)c1C1CC1CNC(=O)OC(C)(C)C. The highest BCUT2D eigenvalue weighted by Crippen LogP contribution is 2.53. The average molecular weight is 360 g/mol. The molecule has 6 heteroatoms. The molecule has 0 bridgehead atoms. The normalized spacial score (nSPS) is 20.1. The maximum absolute atomic E-state index is 11.7. The van der Waals surface area contributed by atoms with E-state index in [4.69, 9.17) is 32.7 Å². The Kier molecular flexibility index (Phi) is 5.69. The van der Waals surface area contributed by atoms with Gasteiger partial charge in [0, 0.05) is 12.1 Å². The lowest BCUT2D eigenvalue weighted by Crippen LogP contribution is -2.33. The standard InChI is InChI=1S/C17H23Cl2NO3/c1-5-22-13-7-6-12(18)15(19)14(13)11-8-10(11)9-20-16(21)23-17(2,3)4/h6-7,10-11H,5,8-9H2,1-4H3,(H,20,21). The van der Waals surface area contributed by atoms with E-state index in [9.17, 15) is 4.79 Å². The molecule has 1 aliphatic rings. The molecule has 1 amide bonds. The highest BCUT2D eigenvalue weighted by Gasteiger charge is 2.42. The van der Waals surface area contributed by atoms with E-state index in [1.54, 1.807) is 6.07 Å². The monoisotopic (exact) mass is 359 g/mol. The zero-order chi connectivity index (χ0) is 17.2. The molecule has 2 atom stereocenters. The van der Waals surface area contributed by atoms with Crippen molar-refractivity contribution >= 4 is 29.3 Å². The highest BCUT2D eigenvalue weighted by atomic mass is 35.5. The van der Waals surface area contributed by atoms with Crippen LogP contribution in [0.4, 0.5) is 4.79 Å². The molecule has 4 nitrogen and oxygen atoms in total. The van der Waals surface area contributed by atoms with Gasteiger partial charge in [-0.3, -0.25) is 0 Å². The van der Waals surface area contributed by atoms with Crippen LogP contribution in [0.1, 0.15) is 45.6 Å². The Morgan fingerprint density at radius 1 is 1.35 bits per heavy atom. The third-order valence-corrected chi connectivity index (χ3v) is 4.41. The number of alkyl carbamates (subject to hydrolysis) is 1. The van der Waals surface area contributed by atoms with Crippen molar-refractivity contribution in [3.05, 3.63) is 27.7 Å². The van der Waals surface area contributed by atoms with Gasteiger partial charge in [0.25, 0.3) is 0 Å². The first kappa shape index (κ1) is 18.2. The van der Waals surface area contributed by atoms with Crippen LogP contribution >= 0.6 is 23.2 Å². The third-order valence-electron chi connectivity index (χ3n) is 3.59. The van der Waals surface area contributed by atoms with Crippen LogP contribution in [0.3, 0.4) is 0 Å². The van der Waals surface area contributed by atoms with Gasteiger partial charge < -0.3 is 14.8 Å². The van der Waals surface area contributed by atoms with Crippen molar-refractivity contribution in [3.63, 3.8) is 0 Å². The van der Waals surface area contributed by atoms with Crippen molar-refractivity contribution in [3.8, 4) is 5.75 Å². The summed E-state index contributed by atoms with van der Waals surface area (Å²) in [6, 6.07) is 3.60. The van der Waals surface area contributed by atoms with Crippen molar-refractivity contribution in [1.29, 1.82) is 0 Å². The minimum atomic E-state index is -0.495. The molecule has 1 N–H and O–H groups in total. The molecule has 0 heterocycles. The zero-order valence-corrected chi connectivity index (χ0v) is 15.4. The number of hydrogen-bond acceptors (Lipinski definition) is 3. The van der Waals surface area contributed by atoms with Crippen molar-refractivity contribution < 1.29 is 14.3 Å². The van der Waals surface area contributed by atoms with Gasteiger partial charge in [-0.2, -0.15) is 0 Å². The predicted molar refractivity (Wildman–Crippen MR) is 92.7 cm³/mol. The molecule has 1 aromatic rings. The Morgan fingerprint density at radius 3 is 2.65 bits per heavy atom. The fraction of sp³-hybridized carbons (Fsp3) is 0.588. The summed E-state index contributed by atoms with van der Waals surface area (Å²) in [5.74, 6) is 1.34. The first-order chi connectivity index (χ1) is 10.7. The molecule has 1 fully saturated rings. The largest absolute Gasteiger partial charge is 0.494 e. The number of nitrogens with one attached hydrogen (secondary N) is 1. The first-order valence-corrected chi connectivity index (χ1v) is 8.56. The third kappa shape index (κ3) is 4.92. The van der Waals surface area contributed by atoms with E-state index in [2.05, 4.69) is 5.32 Å². The number of amides is 1. The fourth-order valence-electron chi connectivity index (χ4n) is 2.53. The van der Waals surface area contributed by atoms with E-state index in [1.165, 1.54) is 0 Å². The summed E-state index contributed by atoms with van der Waals surface area (Å²) in [5, 5.41) is 3.88. The number of ether oxygens (including phenoxy) is 2. The van der Waals surface area contributed by atoms with Crippen LogP contribution < -0.4 is 10.1 Å². The van der Waals surface area contributed by atoms with E-state index in [1.807, 2.05) is 33.8 Å². The van der Waals surface area contributed by atoms with Gasteiger partial charge in [-0.1, -0.05) is 23.2 Å². The smallest absolute Gasteiger partial charge is 0.407 e. The Morgan fingerprint density at radius 2 is 2.04 bits per heavy atom. The van der Waals surface area contributed by atoms with E-state index in [-0.39, 0.29) is 5.92 Å². The number of benzene rings is 1. The molecule has 2 unspecified atom stereocenters. The predicted octanol–water partition coefficient (Wildman–Crippen LogP) is 5.02. The van der Waals surface area contributed by atoms with Crippen molar-refractivity contribution in [2.45, 2.75) is 45.6 Å². The molecule has 1 aliphatic carbocycles. The van der Waals surface area contributed by atoms with Gasteiger partial charge >= 0.3 is 6.09 Å². The molecule has 0 aliphatic heterocycles. The van der Waals surface area contributed by atoms with Crippen LogP contribution in [0.25, 0.3) is 0 Å². The van der Waals surface area contributed by atoms with Crippen LogP contribution in [-0.2, 0) is 4.74 Å². The molecule has 0 saturated heterocycles. The van der Waals surface area contributed by atoms with E-state index in [0.29, 0.717) is 29.1 Å². The molecular formula is C17H23Cl2NO3. The Bertz CT molecular complexity index is 584. The van der Waals surface area contributed by atoms with Crippen LogP contribution in [0.2, 0.25) is 10.0 Å². The van der Waals surface area contributed by atoms with Crippen molar-refractivity contribution in [2.24, 2.45) is 5.92 Å². The lowest BCUT2D eigenvalue weighted by molar-refractivity contribution is 0.0525. The van der Waals surface area contributed by atoms with Gasteiger partial charge in [0.15, 0.2) is 0 Å². The number of hydrogen-bond donors (Lipinski definition) is 1. The van der Waals surface area contributed by atoms with E-state index in [0.717, 1.165) is 17.7 Å². The Labute approximate surface area is 147 Å². The molecule has 1 saturated carbocycles. The minimum absolute atomic E-state index is 0.248. The van der Waals surface area contributed by atoms with E-state index >= 15 is 0 Å². The highest BCUT2D eigenvalue weighted by molar-refractivity contribution is 6.42. The number of carbonyl (C=O) groups is 1. The van der Waals surface area contributed by atoms with E-state index < -0.39 is 11.7 Å². The van der Waals surface area contributed by atoms with Gasteiger partial charge in [-0.25, -0.2) is 4.79 Å². The molecule has 0 aromatic heterocycles. The van der Waals surface area contributed by atoms with Gasteiger partial charge in [0.2, 0.25) is 0 Å². The van der Waals surface area contributed by atoms with Crippen LogP contribution in [0.15, 0.2) is 12.1 Å².